The second-order valence-corrected chi connectivity index (χ2v) is 5.49. The Hall–Kier alpha value is -1.00. The van der Waals surface area contributed by atoms with Crippen molar-refractivity contribution >= 4 is 0 Å². The number of ether oxygens (including phenoxy) is 1. The second kappa shape index (κ2) is 6.64. The number of halogens is 2. The highest BCUT2D eigenvalue weighted by atomic mass is 19.1. The van der Waals surface area contributed by atoms with Gasteiger partial charge < -0.3 is 10.1 Å². The lowest BCUT2D eigenvalue weighted by atomic mass is 9.87. The Morgan fingerprint density at radius 1 is 1.25 bits per heavy atom. The molecule has 0 bridgehead atoms. The Morgan fingerprint density at radius 3 is 2.35 bits per heavy atom. The van der Waals surface area contributed by atoms with Gasteiger partial charge in [-0.1, -0.05) is 25.8 Å². The first-order valence-electron chi connectivity index (χ1n) is 7.34. The molecule has 2 rings (SSSR count). The van der Waals surface area contributed by atoms with Gasteiger partial charge in [0.25, 0.3) is 0 Å². The average Bonchev–Trinajstić information content (AvgIpc) is 2.92. The largest absolute Gasteiger partial charge is 0.377 e. The van der Waals surface area contributed by atoms with Gasteiger partial charge in [-0.25, -0.2) is 8.78 Å². The molecule has 0 heterocycles. The van der Waals surface area contributed by atoms with Crippen molar-refractivity contribution in [3.05, 3.63) is 35.4 Å². The number of rotatable bonds is 6. The summed E-state index contributed by atoms with van der Waals surface area (Å²) in [6.45, 7) is 2.76. The molecule has 4 heteroatoms. The molecule has 0 saturated heterocycles. The Bertz CT molecular complexity index is 424. The third kappa shape index (κ3) is 3.01. The summed E-state index contributed by atoms with van der Waals surface area (Å²) in [5.74, 6) is -0.950. The van der Waals surface area contributed by atoms with E-state index >= 15 is 0 Å². The maximum Gasteiger partial charge on any atom is 0.129 e. The van der Waals surface area contributed by atoms with Gasteiger partial charge in [-0.05, 0) is 37.9 Å². The van der Waals surface area contributed by atoms with Crippen LogP contribution in [0.4, 0.5) is 8.78 Å². The lowest BCUT2D eigenvalue weighted by molar-refractivity contribution is -0.0354. The highest BCUT2D eigenvalue weighted by Gasteiger charge is 2.41. The number of benzene rings is 1. The number of hydrogen-bond acceptors (Lipinski definition) is 2. The Kier molecular flexibility index (Phi) is 5.11. The van der Waals surface area contributed by atoms with Gasteiger partial charge in [-0.15, -0.1) is 0 Å². The minimum atomic E-state index is -0.475. The van der Waals surface area contributed by atoms with Crippen molar-refractivity contribution in [2.75, 3.05) is 13.7 Å². The van der Waals surface area contributed by atoms with Gasteiger partial charge in [0.2, 0.25) is 0 Å². The molecule has 112 valence electrons. The van der Waals surface area contributed by atoms with E-state index in [0.717, 1.165) is 32.2 Å². The molecule has 1 aromatic rings. The van der Waals surface area contributed by atoms with Crippen molar-refractivity contribution in [1.82, 2.24) is 5.32 Å². The zero-order valence-corrected chi connectivity index (χ0v) is 12.2. The summed E-state index contributed by atoms with van der Waals surface area (Å²) in [6.07, 6.45) is 4.42. The topological polar surface area (TPSA) is 21.3 Å². The summed E-state index contributed by atoms with van der Waals surface area (Å²) in [5, 5.41) is 3.36. The summed E-state index contributed by atoms with van der Waals surface area (Å²) in [7, 11) is 1.70. The highest BCUT2D eigenvalue weighted by molar-refractivity contribution is 5.22. The molecule has 1 N–H and O–H groups in total. The maximum atomic E-state index is 13.9. The maximum absolute atomic E-state index is 13.9. The van der Waals surface area contributed by atoms with E-state index in [-0.39, 0.29) is 17.2 Å². The second-order valence-electron chi connectivity index (χ2n) is 5.49. The van der Waals surface area contributed by atoms with E-state index in [1.807, 2.05) is 6.92 Å². The SMILES string of the molecule is CCNC(Cc1c(F)cccc1F)C1(OC)CCCC1. The predicted molar refractivity (Wildman–Crippen MR) is 75.7 cm³/mol. The zero-order chi connectivity index (χ0) is 14.6. The third-order valence-corrected chi connectivity index (χ3v) is 4.41. The van der Waals surface area contributed by atoms with Gasteiger partial charge in [0, 0.05) is 18.7 Å². The van der Waals surface area contributed by atoms with E-state index in [0.29, 0.717) is 6.42 Å². The van der Waals surface area contributed by atoms with Crippen LogP contribution in [0.15, 0.2) is 18.2 Å². The molecule has 1 aliphatic rings. The first-order chi connectivity index (χ1) is 9.63. The molecule has 2 nitrogen and oxygen atoms in total. The van der Waals surface area contributed by atoms with Crippen molar-refractivity contribution < 1.29 is 13.5 Å². The van der Waals surface area contributed by atoms with E-state index in [4.69, 9.17) is 4.74 Å². The van der Waals surface area contributed by atoms with Crippen LogP contribution in [-0.4, -0.2) is 25.3 Å². The molecule has 1 fully saturated rings. The van der Waals surface area contributed by atoms with Gasteiger partial charge in [-0.3, -0.25) is 0 Å². The Balaban J connectivity index is 2.25. The van der Waals surface area contributed by atoms with Crippen molar-refractivity contribution in [2.45, 2.75) is 50.7 Å². The Morgan fingerprint density at radius 2 is 1.85 bits per heavy atom. The summed E-state index contributed by atoms with van der Waals surface area (Å²) < 4.78 is 33.5. The predicted octanol–water partition coefficient (Wildman–Crippen LogP) is 3.44. The molecule has 1 unspecified atom stereocenters. The van der Waals surface area contributed by atoms with Gasteiger partial charge in [-0.2, -0.15) is 0 Å². The molecule has 20 heavy (non-hydrogen) atoms. The van der Waals surface area contributed by atoms with Crippen LogP contribution in [0, 0.1) is 11.6 Å². The number of nitrogens with one attached hydrogen (secondary N) is 1. The highest BCUT2D eigenvalue weighted by Crippen LogP contribution is 2.37. The first-order valence-corrected chi connectivity index (χ1v) is 7.34. The third-order valence-electron chi connectivity index (χ3n) is 4.41. The van der Waals surface area contributed by atoms with Crippen LogP contribution >= 0.6 is 0 Å². The molecule has 0 aromatic heterocycles. The van der Waals surface area contributed by atoms with Crippen LogP contribution in [0.2, 0.25) is 0 Å². The summed E-state index contributed by atoms with van der Waals surface area (Å²) in [4.78, 5) is 0. The fraction of sp³-hybridized carbons (Fsp3) is 0.625. The number of methoxy groups -OCH3 is 1. The van der Waals surface area contributed by atoms with Crippen molar-refractivity contribution in [1.29, 1.82) is 0 Å². The molecular weight excluding hydrogens is 260 g/mol. The quantitative estimate of drug-likeness (QED) is 0.863. The van der Waals surface area contributed by atoms with Crippen LogP contribution in [-0.2, 0) is 11.2 Å². The fourth-order valence-electron chi connectivity index (χ4n) is 3.29. The van der Waals surface area contributed by atoms with Crippen LogP contribution in [0.1, 0.15) is 38.2 Å². The van der Waals surface area contributed by atoms with Crippen molar-refractivity contribution in [3.63, 3.8) is 0 Å². The van der Waals surface area contributed by atoms with Crippen LogP contribution in [0.25, 0.3) is 0 Å². The summed E-state index contributed by atoms with van der Waals surface area (Å²) in [5.41, 5.74) is -0.146. The van der Waals surface area contributed by atoms with Crippen LogP contribution in [0.5, 0.6) is 0 Å². The molecule has 0 spiro atoms. The monoisotopic (exact) mass is 283 g/mol. The molecule has 1 atom stereocenters. The van der Waals surface area contributed by atoms with Crippen LogP contribution < -0.4 is 5.32 Å². The number of likely N-dealkylation sites (N-methyl/N-ethyl adjacent to an activating group) is 1. The minimum absolute atomic E-state index is 0.0635. The van der Waals surface area contributed by atoms with E-state index < -0.39 is 11.6 Å². The Labute approximate surface area is 119 Å². The normalized spacial score (nSPS) is 19.2. The smallest absolute Gasteiger partial charge is 0.129 e. The summed E-state index contributed by atoms with van der Waals surface area (Å²) in [6, 6.07) is 3.97. The van der Waals surface area contributed by atoms with Crippen molar-refractivity contribution in [3.8, 4) is 0 Å². The fourth-order valence-corrected chi connectivity index (χ4v) is 3.29. The minimum Gasteiger partial charge on any atom is -0.377 e. The average molecular weight is 283 g/mol. The molecule has 1 aromatic carbocycles. The van der Waals surface area contributed by atoms with Gasteiger partial charge in [0.1, 0.15) is 11.6 Å². The van der Waals surface area contributed by atoms with E-state index in [9.17, 15) is 8.78 Å². The lowest BCUT2D eigenvalue weighted by Crippen LogP contribution is -2.52. The standard InChI is InChI=1S/C16H23F2NO/c1-3-19-15(16(20-2)9-4-5-10-16)11-12-13(17)7-6-8-14(12)18/h6-8,15,19H,3-5,9-11H2,1-2H3. The van der Waals surface area contributed by atoms with E-state index in [1.54, 1.807) is 7.11 Å². The number of hydrogen-bond donors (Lipinski definition) is 1. The van der Waals surface area contributed by atoms with Gasteiger partial charge in [0.15, 0.2) is 0 Å². The molecule has 1 aliphatic carbocycles. The van der Waals surface area contributed by atoms with Crippen molar-refractivity contribution in [2.24, 2.45) is 0 Å². The summed E-state index contributed by atoms with van der Waals surface area (Å²) >= 11 is 0. The van der Waals surface area contributed by atoms with E-state index in [1.165, 1.54) is 18.2 Å². The van der Waals surface area contributed by atoms with Gasteiger partial charge in [0.05, 0.1) is 5.60 Å². The molecule has 0 amide bonds. The van der Waals surface area contributed by atoms with Gasteiger partial charge >= 0.3 is 0 Å². The molecule has 1 saturated carbocycles. The lowest BCUT2D eigenvalue weighted by Gasteiger charge is -2.37. The van der Waals surface area contributed by atoms with Crippen LogP contribution in [0.3, 0.4) is 0 Å². The zero-order valence-electron chi connectivity index (χ0n) is 12.2. The van der Waals surface area contributed by atoms with E-state index in [2.05, 4.69) is 5.32 Å². The molecule has 0 aliphatic heterocycles. The first kappa shape index (κ1) is 15.4. The molecular formula is C16H23F2NO. The molecule has 0 radical (unpaired) electrons.